The maximum absolute atomic E-state index is 13.2. The molecule has 0 aliphatic carbocycles. The van der Waals surface area contributed by atoms with Gasteiger partial charge in [-0.1, -0.05) is 17.7 Å². The first-order chi connectivity index (χ1) is 6.46. The van der Waals surface area contributed by atoms with Gasteiger partial charge in [0.15, 0.2) is 5.82 Å². The summed E-state index contributed by atoms with van der Waals surface area (Å²) in [5.41, 5.74) is -0.210. The van der Waals surface area contributed by atoms with Crippen molar-refractivity contribution >= 4 is 38.9 Å². The van der Waals surface area contributed by atoms with Crippen LogP contribution in [-0.4, -0.2) is 13.6 Å². The van der Waals surface area contributed by atoms with Crippen molar-refractivity contribution in [3.63, 3.8) is 0 Å². The molecule has 1 N–H and O–H groups in total. The Kier molecular flexibility index (Phi) is 3.58. The van der Waals surface area contributed by atoms with E-state index in [0.29, 0.717) is 0 Å². The summed E-state index contributed by atoms with van der Waals surface area (Å²) >= 11 is 10.6. The highest BCUT2D eigenvalue weighted by molar-refractivity contribution is 7.93. The molecule has 14 heavy (non-hydrogen) atoms. The molecule has 0 aromatic heterocycles. The van der Waals surface area contributed by atoms with Crippen molar-refractivity contribution in [3.8, 4) is 0 Å². The average molecular weight is 258 g/mol. The van der Waals surface area contributed by atoms with Gasteiger partial charge in [0.05, 0.1) is 10.7 Å². The molecule has 0 bridgehead atoms. The lowest BCUT2D eigenvalue weighted by atomic mass is 10.3. The van der Waals surface area contributed by atoms with E-state index in [4.69, 9.17) is 23.2 Å². The molecule has 0 aliphatic heterocycles. The van der Waals surface area contributed by atoms with Crippen molar-refractivity contribution in [1.29, 1.82) is 0 Å². The monoisotopic (exact) mass is 257 g/mol. The van der Waals surface area contributed by atoms with Gasteiger partial charge < -0.3 is 0 Å². The van der Waals surface area contributed by atoms with Gasteiger partial charge in [0.2, 0.25) is 10.0 Å². The number of sulfonamides is 1. The molecular formula is C7H6Cl2FNO2S. The minimum Gasteiger partial charge on any atom is -0.280 e. The minimum atomic E-state index is -3.70. The average Bonchev–Trinajstić information content (AvgIpc) is 2.13. The van der Waals surface area contributed by atoms with Crippen molar-refractivity contribution < 1.29 is 12.8 Å². The van der Waals surface area contributed by atoms with Gasteiger partial charge in [-0.15, -0.1) is 11.6 Å². The van der Waals surface area contributed by atoms with Crippen LogP contribution in [0.5, 0.6) is 0 Å². The third kappa shape index (κ3) is 2.73. The van der Waals surface area contributed by atoms with Crippen LogP contribution >= 0.6 is 23.2 Å². The summed E-state index contributed by atoms with van der Waals surface area (Å²) in [5.74, 6) is -0.817. The Morgan fingerprint density at radius 1 is 1.43 bits per heavy atom. The maximum Gasteiger partial charge on any atom is 0.246 e. The number of hydrogen-bond donors (Lipinski definition) is 1. The van der Waals surface area contributed by atoms with Crippen LogP contribution in [0.4, 0.5) is 10.1 Å². The molecule has 1 rings (SSSR count). The van der Waals surface area contributed by atoms with E-state index < -0.39 is 21.1 Å². The summed E-state index contributed by atoms with van der Waals surface area (Å²) in [7, 11) is -3.70. The van der Waals surface area contributed by atoms with E-state index in [9.17, 15) is 12.8 Å². The molecule has 1 aromatic rings. The number of alkyl halides is 1. The SMILES string of the molecule is O=S(=O)(CCl)Nc1cccc(Cl)c1F. The smallest absolute Gasteiger partial charge is 0.246 e. The molecular weight excluding hydrogens is 252 g/mol. The molecule has 7 heteroatoms. The lowest BCUT2D eigenvalue weighted by Crippen LogP contribution is -2.14. The van der Waals surface area contributed by atoms with E-state index in [-0.39, 0.29) is 10.7 Å². The second-order valence-electron chi connectivity index (χ2n) is 2.43. The zero-order chi connectivity index (χ0) is 10.8. The number of benzene rings is 1. The molecule has 0 amide bonds. The van der Waals surface area contributed by atoms with Gasteiger partial charge in [-0.2, -0.15) is 0 Å². The van der Waals surface area contributed by atoms with Gasteiger partial charge in [-0.05, 0) is 12.1 Å². The summed E-state index contributed by atoms with van der Waals surface area (Å²) in [5, 5.41) is -0.793. The van der Waals surface area contributed by atoms with Crippen LogP contribution in [-0.2, 0) is 10.0 Å². The summed E-state index contributed by atoms with van der Waals surface area (Å²) in [6.45, 7) is 0. The van der Waals surface area contributed by atoms with Crippen LogP contribution in [0, 0.1) is 5.82 Å². The van der Waals surface area contributed by atoms with E-state index in [0.717, 1.165) is 0 Å². The molecule has 0 saturated carbocycles. The van der Waals surface area contributed by atoms with Crippen molar-refractivity contribution in [2.75, 3.05) is 9.93 Å². The van der Waals surface area contributed by atoms with E-state index in [2.05, 4.69) is 0 Å². The fourth-order valence-corrected chi connectivity index (χ4v) is 1.66. The first-order valence-corrected chi connectivity index (χ1v) is 6.03. The number of halogens is 3. The number of anilines is 1. The maximum atomic E-state index is 13.2. The van der Waals surface area contributed by atoms with Crippen LogP contribution < -0.4 is 4.72 Å². The zero-order valence-electron chi connectivity index (χ0n) is 6.80. The van der Waals surface area contributed by atoms with Crippen molar-refractivity contribution in [3.05, 3.63) is 29.0 Å². The molecule has 0 saturated heterocycles. The zero-order valence-corrected chi connectivity index (χ0v) is 9.13. The van der Waals surface area contributed by atoms with Crippen LogP contribution in [0.1, 0.15) is 0 Å². The molecule has 0 heterocycles. The van der Waals surface area contributed by atoms with Crippen molar-refractivity contribution in [1.82, 2.24) is 0 Å². The summed E-state index contributed by atoms with van der Waals surface area (Å²) in [4.78, 5) is 0. The van der Waals surface area contributed by atoms with Crippen molar-refractivity contribution in [2.24, 2.45) is 0 Å². The Hall–Kier alpha value is -0.520. The molecule has 1 aromatic carbocycles. The highest BCUT2D eigenvalue weighted by atomic mass is 35.5. The predicted octanol–water partition coefficient (Wildman–Crippen LogP) is 2.42. The van der Waals surface area contributed by atoms with Crippen LogP contribution in [0.2, 0.25) is 5.02 Å². The Balaban J connectivity index is 3.05. The first kappa shape index (κ1) is 11.6. The number of rotatable bonds is 3. The molecule has 3 nitrogen and oxygen atoms in total. The van der Waals surface area contributed by atoms with Crippen LogP contribution in [0.3, 0.4) is 0 Å². The summed E-state index contributed by atoms with van der Waals surface area (Å²) < 4.78 is 37.1. The Labute approximate surface area is 90.9 Å². The number of hydrogen-bond acceptors (Lipinski definition) is 2. The third-order valence-corrected chi connectivity index (χ3v) is 3.33. The molecule has 0 fully saturated rings. The quantitative estimate of drug-likeness (QED) is 0.846. The van der Waals surface area contributed by atoms with E-state index in [1.807, 2.05) is 4.72 Å². The number of nitrogens with one attached hydrogen (secondary N) is 1. The first-order valence-electron chi connectivity index (χ1n) is 3.47. The predicted molar refractivity (Wildman–Crippen MR) is 54.7 cm³/mol. The minimum absolute atomic E-state index is 0.153. The fourth-order valence-electron chi connectivity index (χ4n) is 0.777. The highest BCUT2D eigenvalue weighted by Crippen LogP contribution is 2.22. The van der Waals surface area contributed by atoms with Gasteiger partial charge >= 0.3 is 0 Å². The van der Waals surface area contributed by atoms with Crippen molar-refractivity contribution in [2.45, 2.75) is 0 Å². The molecule has 0 unspecified atom stereocenters. The largest absolute Gasteiger partial charge is 0.280 e. The second-order valence-corrected chi connectivity index (χ2v) is 5.14. The molecule has 0 aliphatic rings. The van der Waals surface area contributed by atoms with Crippen LogP contribution in [0.25, 0.3) is 0 Å². The lowest BCUT2D eigenvalue weighted by molar-refractivity contribution is 0.602. The summed E-state index contributed by atoms with van der Waals surface area (Å²) in [6.07, 6.45) is 0. The molecule has 0 atom stereocenters. The Morgan fingerprint density at radius 3 is 2.64 bits per heavy atom. The van der Waals surface area contributed by atoms with Gasteiger partial charge in [0.1, 0.15) is 5.21 Å². The van der Waals surface area contributed by atoms with Gasteiger partial charge in [-0.3, -0.25) is 4.72 Å². The normalized spacial score (nSPS) is 11.4. The van der Waals surface area contributed by atoms with E-state index in [1.165, 1.54) is 18.2 Å². The Morgan fingerprint density at radius 2 is 2.07 bits per heavy atom. The summed E-state index contributed by atoms with van der Waals surface area (Å²) in [6, 6.07) is 4.00. The second kappa shape index (κ2) is 4.33. The molecule has 78 valence electrons. The van der Waals surface area contributed by atoms with Gasteiger partial charge in [-0.25, -0.2) is 12.8 Å². The van der Waals surface area contributed by atoms with E-state index >= 15 is 0 Å². The molecule has 0 radical (unpaired) electrons. The standard InChI is InChI=1S/C7H6Cl2FNO2S/c8-4-14(12,13)11-6-3-1-2-5(9)7(6)10/h1-3,11H,4H2. The topological polar surface area (TPSA) is 46.2 Å². The van der Waals surface area contributed by atoms with Gasteiger partial charge in [0, 0.05) is 0 Å². The highest BCUT2D eigenvalue weighted by Gasteiger charge is 2.12. The van der Waals surface area contributed by atoms with Crippen LogP contribution in [0.15, 0.2) is 18.2 Å². The van der Waals surface area contributed by atoms with Gasteiger partial charge in [0.25, 0.3) is 0 Å². The fraction of sp³-hybridized carbons (Fsp3) is 0.143. The Bertz CT molecular complexity index is 435. The lowest BCUT2D eigenvalue weighted by Gasteiger charge is -2.06. The molecule has 0 spiro atoms. The third-order valence-electron chi connectivity index (χ3n) is 1.36. The van der Waals surface area contributed by atoms with E-state index in [1.54, 1.807) is 0 Å².